The quantitative estimate of drug-likeness (QED) is 0.908. The van der Waals surface area contributed by atoms with Crippen LogP contribution < -0.4 is 4.74 Å². The maximum Gasteiger partial charge on any atom is 0.337 e. The molecule has 0 aliphatic heterocycles. The van der Waals surface area contributed by atoms with Crippen molar-refractivity contribution in [2.45, 2.75) is 0 Å². The molecule has 0 bridgehead atoms. The van der Waals surface area contributed by atoms with Crippen LogP contribution in [-0.4, -0.2) is 23.2 Å². The van der Waals surface area contributed by atoms with Crippen molar-refractivity contribution in [3.05, 3.63) is 47.7 Å². The van der Waals surface area contributed by atoms with Crippen LogP contribution in [0.5, 0.6) is 5.88 Å². The van der Waals surface area contributed by atoms with E-state index in [0.29, 0.717) is 17.0 Å². The van der Waals surface area contributed by atoms with Gasteiger partial charge < -0.3 is 9.84 Å². The lowest BCUT2D eigenvalue weighted by Gasteiger charge is -2.08. The number of ether oxygens (including phenoxy) is 1. The zero-order chi connectivity index (χ0) is 13.8. The van der Waals surface area contributed by atoms with Gasteiger partial charge in [0.2, 0.25) is 5.88 Å². The number of nitrogens with zero attached hydrogens (tertiary/aromatic N) is 2. The van der Waals surface area contributed by atoms with E-state index in [9.17, 15) is 4.79 Å². The van der Waals surface area contributed by atoms with Crippen LogP contribution in [0.2, 0.25) is 0 Å². The smallest absolute Gasteiger partial charge is 0.337 e. The Morgan fingerprint density at radius 1 is 1.37 bits per heavy atom. The normalized spacial score (nSPS) is 9.68. The second-order valence-corrected chi connectivity index (χ2v) is 3.78. The van der Waals surface area contributed by atoms with E-state index in [1.165, 1.54) is 19.4 Å². The molecule has 0 saturated carbocycles. The van der Waals surface area contributed by atoms with E-state index in [1.54, 1.807) is 24.3 Å². The number of aromatic carboxylic acids is 1. The highest BCUT2D eigenvalue weighted by Crippen LogP contribution is 2.29. The Hall–Kier alpha value is -2.87. The predicted molar refractivity (Wildman–Crippen MR) is 67.9 cm³/mol. The molecule has 5 heteroatoms. The standard InChI is InChI=1S/C14H10N2O3/c1-19-13-12(6-11(8-16-13)14(17)18)10-4-2-9(7-15)3-5-10/h2-6,8H,1H3,(H,17,18). The summed E-state index contributed by atoms with van der Waals surface area (Å²) in [6.45, 7) is 0. The number of carbonyl (C=O) groups is 1. The van der Waals surface area contributed by atoms with Crippen LogP contribution in [0.1, 0.15) is 15.9 Å². The molecule has 0 aliphatic rings. The molecule has 0 aliphatic carbocycles. The van der Waals surface area contributed by atoms with E-state index in [2.05, 4.69) is 4.98 Å². The number of carboxylic acids is 1. The first kappa shape index (κ1) is 12.6. The summed E-state index contributed by atoms with van der Waals surface area (Å²) in [5.74, 6) is -0.709. The van der Waals surface area contributed by atoms with Crippen molar-refractivity contribution in [1.29, 1.82) is 5.26 Å². The number of methoxy groups -OCH3 is 1. The first-order valence-corrected chi connectivity index (χ1v) is 5.43. The van der Waals surface area contributed by atoms with Gasteiger partial charge in [-0.25, -0.2) is 9.78 Å². The maximum atomic E-state index is 11.0. The average Bonchev–Trinajstić information content (AvgIpc) is 2.46. The van der Waals surface area contributed by atoms with Gasteiger partial charge in [-0.2, -0.15) is 5.26 Å². The second-order valence-electron chi connectivity index (χ2n) is 3.78. The molecule has 1 heterocycles. The summed E-state index contributed by atoms with van der Waals surface area (Å²) in [5.41, 5.74) is 1.93. The average molecular weight is 254 g/mol. The topological polar surface area (TPSA) is 83.2 Å². The Kier molecular flexibility index (Phi) is 3.44. The number of pyridine rings is 1. The van der Waals surface area contributed by atoms with Gasteiger partial charge in [0.25, 0.3) is 0 Å². The molecule has 0 radical (unpaired) electrons. The lowest BCUT2D eigenvalue weighted by atomic mass is 10.0. The van der Waals surface area contributed by atoms with Crippen molar-refractivity contribution in [2.24, 2.45) is 0 Å². The van der Waals surface area contributed by atoms with E-state index in [1.807, 2.05) is 6.07 Å². The van der Waals surface area contributed by atoms with Crippen LogP contribution in [0.25, 0.3) is 11.1 Å². The molecule has 19 heavy (non-hydrogen) atoms. The van der Waals surface area contributed by atoms with Gasteiger partial charge in [-0.1, -0.05) is 12.1 Å². The Morgan fingerprint density at radius 3 is 2.58 bits per heavy atom. The summed E-state index contributed by atoms with van der Waals surface area (Å²) >= 11 is 0. The van der Waals surface area contributed by atoms with Crippen molar-refractivity contribution in [1.82, 2.24) is 4.98 Å². The van der Waals surface area contributed by atoms with E-state index in [4.69, 9.17) is 15.1 Å². The van der Waals surface area contributed by atoms with Crippen LogP contribution in [0.15, 0.2) is 36.5 Å². The summed E-state index contributed by atoms with van der Waals surface area (Å²) in [6, 6.07) is 10.3. The highest BCUT2D eigenvalue weighted by Gasteiger charge is 2.12. The van der Waals surface area contributed by atoms with Crippen LogP contribution in [0.3, 0.4) is 0 Å². The highest BCUT2D eigenvalue weighted by atomic mass is 16.5. The zero-order valence-corrected chi connectivity index (χ0v) is 10.1. The molecule has 5 nitrogen and oxygen atoms in total. The minimum atomic E-state index is -1.05. The fourth-order valence-corrected chi connectivity index (χ4v) is 1.66. The van der Waals surface area contributed by atoms with Gasteiger partial charge in [0.15, 0.2) is 0 Å². The molecule has 2 rings (SSSR count). The number of aromatic nitrogens is 1. The lowest BCUT2D eigenvalue weighted by Crippen LogP contribution is -2.00. The van der Waals surface area contributed by atoms with Gasteiger partial charge in [0.05, 0.1) is 24.3 Å². The summed E-state index contributed by atoms with van der Waals surface area (Å²) in [7, 11) is 1.47. The molecular formula is C14H10N2O3. The monoisotopic (exact) mass is 254 g/mol. The number of carboxylic acid groups (broad SMARTS) is 1. The Balaban J connectivity index is 2.55. The third-order valence-electron chi connectivity index (χ3n) is 2.62. The van der Waals surface area contributed by atoms with Gasteiger partial charge in [-0.3, -0.25) is 0 Å². The van der Waals surface area contributed by atoms with Crippen LogP contribution in [-0.2, 0) is 0 Å². The van der Waals surface area contributed by atoms with Crippen LogP contribution in [0.4, 0.5) is 0 Å². The SMILES string of the molecule is COc1ncc(C(=O)O)cc1-c1ccc(C#N)cc1. The second kappa shape index (κ2) is 5.19. The third kappa shape index (κ3) is 2.53. The molecule has 0 fully saturated rings. The Labute approximate surface area is 109 Å². The summed E-state index contributed by atoms with van der Waals surface area (Å²) in [6.07, 6.45) is 1.24. The van der Waals surface area contributed by atoms with Gasteiger partial charge in [-0.15, -0.1) is 0 Å². The molecule has 0 amide bonds. The first-order chi connectivity index (χ1) is 9.15. The van der Waals surface area contributed by atoms with Crippen molar-refractivity contribution in [3.63, 3.8) is 0 Å². The van der Waals surface area contributed by atoms with Gasteiger partial charge in [0, 0.05) is 11.8 Å². The fourth-order valence-electron chi connectivity index (χ4n) is 1.66. The Morgan fingerprint density at radius 2 is 2.05 bits per heavy atom. The molecule has 0 atom stereocenters. The molecule has 0 spiro atoms. The number of benzene rings is 1. The Bertz CT molecular complexity index is 657. The van der Waals surface area contributed by atoms with Crippen LogP contribution >= 0.6 is 0 Å². The highest BCUT2D eigenvalue weighted by molar-refractivity contribution is 5.89. The molecule has 1 N–H and O–H groups in total. The summed E-state index contributed by atoms with van der Waals surface area (Å²) in [4.78, 5) is 14.9. The third-order valence-corrected chi connectivity index (χ3v) is 2.62. The maximum absolute atomic E-state index is 11.0. The van der Waals surface area contributed by atoms with Crippen molar-refractivity contribution in [2.75, 3.05) is 7.11 Å². The summed E-state index contributed by atoms with van der Waals surface area (Å²) in [5, 5.41) is 17.7. The van der Waals surface area contributed by atoms with Crippen molar-refractivity contribution < 1.29 is 14.6 Å². The predicted octanol–water partition coefficient (Wildman–Crippen LogP) is 2.33. The van der Waals surface area contributed by atoms with Crippen molar-refractivity contribution >= 4 is 5.97 Å². The van der Waals surface area contributed by atoms with E-state index in [-0.39, 0.29) is 5.56 Å². The lowest BCUT2D eigenvalue weighted by molar-refractivity contribution is 0.0696. The molecule has 2 aromatic rings. The number of hydrogen-bond acceptors (Lipinski definition) is 4. The summed E-state index contributed by atoms with van der Waals surface area (Å²) < 4.78 is 5.12. The van der Waals surface area contributed by atoms with Crippen molar-refractivity contribution in [3.8, 4) is 23.1 Å². The molecule has 0 saturated heterocycles. The van der Waals surface area contributed by atoms with E-state index < -0.39 is 5.97 Å². The number of hydrogen-bond donors (Lipinski definition) is 1. The van der Waals surface area contributed by atoms with Crippen LogP contribution in [0, 0.1) is 11.3 Å². The molecule has 1 aromatic carbocycles. The first-order valence-electron chi connectivity index (χ1n) is 5.43. The van der Waals surface area contributed by atoms with E-state index >= 15 is 0 Å². The van der Waals surface area contributed by atoms with Gasteiger partial charge in [0.1, 0.15) is 0 Å². The fraction of sp³-hybridized carbons (Fsp3) is 0.0714. The molecule has 94 valence electrons. The van der Waals surface area contributed by atoms with Gasteiger partial charge in [-0.05, 0) is 23.8 Å². The molecule has 0 unspecified atom stereocenters. The molecule has 1 aromatic heterocycles. The zero-order valence-electron chi connectivity index (χ0n) is 10.1. The van der Waals surface area contributed by atoms with E-state index in [0.717, 1.165) is 5.56 Å². The van der Waals surface area contributed by atoms with Gasteiger partial charge >= 0.3 is 5.97 Å². The minimum absolute atomic E-state index is 0.0835. The minimum Gasteiger partial charge on any atom is -0.481 e. The largest absolute Gasteiger partial charge is 0.481 e. The molecular weight excluding hydrogens is 244 g/mol. The number of nitriles is 1. The number of rotatable bonds is 3.